The van der Waals surface area contributed by atoms with Crippen LogP contribution < -0.4 is 10.6 Å². The molecule has 0 aliphatic carbocycles. The van der Waals surface area contributed by atoms with Crippen LogP contribution in [0.25, 0.3) is 0 Å². The lowest BCUT2D eigenvalue weighted by Gasteiger charge is -2.30. The molecule has 0 saturated carbocycles. The monoisotopic (exact) mass is 309 g/mol. The van der Waals surface area contributed by atoms with E-state index in [0.717, 1.165) is 12.1 Å². The second-order valence-electron chi connectivity index (χ2n) is 6.30. The Morgan fingerprint density at radius 3 is 2.59 bits per heavy atom. The van der Waals surface area contributed by atoms with Gasteiger partial charge < -0.3 is 15.4 Å². The highest BCUT2D eigenvalue weighted by Gasteiger charge is 2.24. The van der Waals surface area contributed by atoms with Gasteiger partial charge in [-0.2, -0.15) is 0 Å². The van der Waals surface area contributed by atoms with Crippen LogP contribution in [-0.4, -0.2) is 32.3 Å². The Labute approximate surface area is 133 Å². The number of ether oxygens (including phenoxy) is 1. The molecule has 0 bridgehead atoms. The third-order valence-corrected chi connectivity index (χ3v) is 3.36. The average Bonchev–Trinajstić information content (AvgIpc) is 2.44. The maximum absolute atomic E-state index is 13.2. The zero-order chi connectivity index (χ0) is 16.6. The number of aliphatic imine (C=N–C) groups is 1. The van der Waals surface area contributed by atoms with Crippen molar-refractivity contribution in [2.24, 2.45) is 10.4 Å². The Morgan fingerprint density at radius 2 is 2.05 bits per heavy atom. The summed E-state index contributed by atoms with van der Waals surface area (Å²) in [6, 6.07) is 6.49. The van der Waals surface area contributed by atoms with Gasteiger partial charge in [0.15, 0.2) is 5.96 Å². The largest absolute Gasteiger partial charge is 0.379 e. The summed E-state index contributed by atoms with van der Waals surface area (Å²) in [5, 5.41) is 6.47. The molecular formula is C17H28FN3O. The number of guanidine groups is 1. The third-order valence-electron chi connectivity index (χ3n) is 3.36. The molecule has 0 aromatic heterocycles. The molecule has 0 heterocycles. The first kappa shape index (κ1) is 18.4. The van der Waals surface area contributed by atoms with E-state index >= 15 is 0 Å². The van der Waals surface area contributed by atoms with Crippen molar-refractivity contribution in [1.29, 1.82) is 0 Å². The van der Waals surface area contributed by atoms with Crippen LogP contribution in [0.3, 0.4) is 0 Å². The molecule has 124 valence electrons. The van der Waals surface area contributed by atoms with Gasteiger partial charge in [-0.3, -0.25) is 0 Å². The van der Waals surface area contributed by atoms with Crippen LogP contribution in [-0.2, 0) is 11.3 Å². The molecular weight excluding hydrogens is 281 g/mol. The molecule has 1 aromatic carbocycles. The van der Waals surface area contributed by atoms with Gasteiger partial charge in [0.2, 0.25) is 0 Å². The standard InChI is InChI=1S/C17H28FN3O/c1-6-19-16(21-12-15(22-5)17(2,3)4)20-11-13-8-7-9-14(18)10-13/h7-10,15H,6,11-12H2,1-5H3,(H2,19,20,21). The van der Waals surface area contributed by atoms with Gasteiger partial charge >= 0.3 is 0 Å². The van der Waals surface area contributed by atoms with Crippen molar-refractivity contribution in [2.45, 2.75) is 40.3 Å². The van der Waals surface area contributed by atoms with E-state index in [1.54, 1.807) is 13.2 Å². The molecule has 0 amide bonds. The minimum Gasteiger partial charge on any atom is -0.379 e. The van der Waals surface area contributed by atoms with Crippen LogP contribution >= 0.6 is 0 Å². The lowest BCUT2D eigenvalue weighted by Crippen LogP contribution is -2.45. The van der Waals surface area contributed by atoms with Crippen LogP contribution in [0.1, 0.15) is 33.3 Å². The van der Waals surface area contributed by atoms with Gasteiger partial charge in [-0.15, -0.1) is 0 Å². The second-order valence-corrected chi connectivity index (χ2v) is 6.30. The number of hydrogen-bond acceptors (Lipinski definition) is 2. The molecule has 4 nitrogen and oxygen atoms in total. The summed E-state index contributed by atoms with van der Waals surface area (Å²) < 4.78 is 18.7. The lowest BCUT2D eigenvalue weighted by molar-refractivity contribution is 0.0205. The maximum atomic E-state index is 13.2. The van der Waals surface area contributed by atoms with Crippen molar-refractivity contribution in [1.82, 2.24) is 10.6 Å². The van der Waals surface area contributed by atoms with Gasteiger partial charge in [-0.05, 0) is 30.0 Å². The first-order valence-corrected chi connectivity index (χ1v) is 7.66. The van der Waals surface area contributed by atoms with E-state index in [2.05, 4.69) is 36.4 Å². The van der Waals surface area contributed by atoms with Gasteiger partial charge in [0.05, 0.1) is 12.6 Å². The normalized spacial score (nSPS) is 13.8. The summed E-state index contributed by atoms with van der Waals surface area (Å²) in [6.07, 6.45) is 0.0746. The van der Waals surface area contributed by atoms with E-state index in [9.17, 15) is 4.39 Å². The number of nitrogens with one attached hydrogen (secondary N) is 2. The fourth-order valence-electron chi connectivity index (χ4n) is 2.08. The number of halogens is 1. The van der Waals surface area contributed by atoms with E-state index in [-0.39, 0.29) is 17.3 Å². The van der Waals surface area contributed by atoms with Crippen LogP contribution in [0.5, 0.6) is 0 Å². The van der Waals surface area contributed by atoms with E-state index in [0.29, 0.717) is 19.0 Å². The molecule has 0 fully saturated rings. The number of benzene rings is 1. The van der Waals surface area contributed by atoms with Crippen molar-refractivity contribution in [3.63, 3.8) is 0 Å². The third kappa shape index (κ3) is 6.43. The molecule has 0 radical (unpaired) electrons. The summed E-state index contributed by atoms with van der Waals surface area (Å²) in [6.45, 7) is 10.3. The van der Waals surface area contributed by atoms with Crippen LogP contribution in [0.15, 0.2) is 29.3 Å². The minimum absolute atomic E-state index is 0.0433. The maximum Gasteiger partial charge on any atom is 0.191 e. The predicted molar refractivity (Wildman–Crippen MR) is 89.5 cm³/mol. The minimum atomic E-state index is -0.238. The van der Waals surface area contributed by atoms with Gasteiger partial charge in [-0.25, -0.2) is 9.38 Å². The van der Waals surface area contributed by atoms with Crippen LogP contribution in [0.2, 0.25) is 0 Å². The quantitative estimate of drug-likeness (QED) is 0.627. The van der Waals surface area contributed by atoms with Crippen LogP contribution in [0, 0.1) is 11.2 Å². The zero-order valence-electron chi connectivity index (χ0n) is 14.2. The summed E-state index contributed by atoms with van der Waals surface area (Å²) in [4.78, 5) is 4.49. The predicted octanol–water partition coefficient (Wildman–Crippen LogP) is 2.94. The van der Waals surface area contributed by atoms with E-state index in [1.165, 1.54) is 12.1 Å². The Kier molecular flexibility index (Phi) is 7.32. The van der Waals surface area contributed by atoms with Crippen molar-refractivity contribution < 1.29 is 9.13 Å². The summed E-state index contributed by atoms with van der Waals surface area (Å²) in [5.41, 5.74) is 0.887. The number of rotatable bonds is 6. The molecule has 1 rings (SSSR count). The lowest BCUT2D eigenvalue weighted by atomic mass is 9.89. The topological polar surface area (TPSA) is 45.7 Å². The molecule has 1 unspecified atom stereocenters. The fraction of sp³-hybridized carbons (Fsp3) is 0.588. The van der Waals surface area contributed by atoms with Gasteiger partial charge in [0.1, 0.15) is 5.82 Å². The SMILES string of the molecule is CCNC(=NCc1cccc(F)c1)NCC(OC)C(C)(C)C. The van der Waals surface area contributed by atoms with E-state index in [1.807, 2.05) is 13.0 Å². The Bertz CT molecular complexity index is 483. The Hall–Kier alpha value is -1.62. The van der Waals surface area contributed by atoms with Crippen molar-refractivity contribution in [3.8, 4) is 0 Å². The highest BCUT2D eigenvalue weighted by molar-refractivity contribution is 5.79. The second kappa shape index (κ2) is 8.73. The average molecular weight is 309 g/mol. The molecule has 0 saturated heterocycles. The van der Waals surface area contributed by atoms with Gasteiger partial charge in [0.25, 0.3) is 0 Å². The number of hydrogen-bond donors (Lipinski definition) is 2. The first-order valence-electron chi connectivity index (χ1n) is 7.66. The summed E-state index contributed by atoms with van der Waals surface area (Å²) in [7, 11) is 1.72. The van der Waals surface area contributed by atoms with Gasteiger partial charge in [-0.1, -0.05) is 32.9 Å². The molecule has 0 aliphatic heterocycles. The molecule has 0 spiro atoms. The molecule has 1 aromatic rings. The van der Waals surface area contributed by atoms with Crippen LogP contribution in [0.4, 0.5) is 4.39 Å². The van der Waals surface area contributed by atoms with Crippen molar-refractivity contribution in [3.05, 3.63) is 35.6 Å². The molecule has 1 atom stereocenters. The summed E-state index contributed by atoms with van der Waals surface area (Å²) in [5.74, 6) is 0.468. The molecule has 2 N–H and O–H groups in total. The highest BCUT2D eigenvalue weighted by Crippen LogP contribution is 2.20. The number of nitrogens with zero attached hydrogens (tertiary/aromatic N) is 1. The van der Waals surface area contributed by atoms with E-state index in [4.69, 9.17) is 4.74 Å². The zero-order valence-corrected chi connectivity index (χ0v) is 14.2. The van der Waals surface area contributed by atoms with Crippen molar-refractivity contribution >= 4 is 5.96 Å². The van der Waals surface area contributed by atoms with Gasteiger partial charge in [0, 0.05) is 20.2 Å². The van der Waals surface area contributed by atoms with Crippen molar-refractivity contribution in [2.75, 3.05) is 20.2 Å². The summed E-state index contributed by atoms with van der Waals surface area (Å²) >= 11 is 0. The highest BCUT2D eigenvalue weighted by atomic mass is 19.1. The molecule has 0 aliphatic rings. The Morgan fingerprint density at radius 1 is 1.32 bits per heavy atom. The number of methoxy groups -OCH3 is 1. The van der Waals surface area contributed by atoms with E-state index < -0.39 is 0 Å². The molecule has 5 heteroatoms. The first-order chi connectivity index (χ1) is 10.4. The molecule has 22 heavy (non-hydrogen) atoms. The Balaban J connectivity index is 2.66. The smallest absolute Gasteiger partial charge is 0.191 e. The fourth-order valence-corrected chi connectivity index (χ4v) is 2.08.